The number of nitrogens with two attached hydrogens (primary N) is 1. The summed E-state index contributed by atoms with van der Waals surface area (Å²) >= 11 is 0. The largest absolute Gasteiger partial charge is 0.496 e. The number of hydrogen-bond acceptors (Lipinski definition) is 6. The molecule has 8 nitrogen and oxygen atoms in total. The van der Waals surface area contributed by atoms with Gasteiger partial charge in [-0.25, -0.2) is 4.68 Å². The van der Waals surface area contributed by atoms with Crippen LogP contribution in [0.3, 0.4) is 0 Å². The lowest BCUT2D eigenvalue weighted by Crippen LogP contribution is -2.32. The maximum Gasteiger partial charge on any atom is 0.248 e. The van der Waals surface area contributed by atoms with Gasteiger partial charge in [0.05, 0.1) is 12.7 Å². The molecule has 0 bridgehead atoms. The van der Waals surface area contributed by atoms with Gasteiger partial charge in [-0.2, -0.15) is 10.1 Å². The van der Waals surface area contributed by atoms with Crippen LogP contribution in [0.4, 0.5) is 5.95 Å². The van der Waals surface area contributed by atoms with Gasteiger partial charge in [0.2, 0.25) is 11.9 Å². The van der Waals surface area contributed by atoms with Crippen LogP contribution < -0.4 is 15.8 Å². The van der Waals surface area contributed by atoms with E-state index in [9.17, 15) is 4.79 Å². The molecule has 0 spiro atoms. The first-order chi connectivity index (χ1) is 12.1. The third-order valence-corrected chi connectivity index (χ3v) is 4.15. The molecule has 25 heavy (non-hydrogen) atoms. The third-order valence-electron chi connectivity index (χ3n) is 4.15. The molecule has 1 aromatic carbocycles. The molecule has 4 N–H and O–H groups in total. The first kappa shape index (κ1) is 17.0. The van der Waals surface area contributed by atoms with Crippen LogP contribution in [-0.4, -0.2) is 39.5 Å². The zero-order valence-electron chi connectivity index (χ0n) is 14.2. The predicted octanol–water partition coefficient (Wildman–Crippen LogP) is 0.986. The van der Waals surface area contributed by atoms with Crippen LogP contribution in [0.2, 0.25) is 0 Å². The smallest absolute Gasteiger partial charge is 0.248 e. The fourth-order valence-corrected chi connectivity index (χ4v) is 3.04. The summed E-state index contributed by atoms with van der Waals surface area (Å²) in [6, 6.07) is 6.91. The number of carbonyl (C=O) groups is 1. The monoisotopic (exact) mass is 343 g/mol. The summed E-state index contributed by atoms with van der Waals surface area (Å²) in [7, 11) is 1.58. The van der Waals surface area contributed by atoms with Gasteiger partial charge >= 0.3 is 0 Å². The van der Waals surface area contributed by atoms with Crippen LogP contribution in [-0.2, 0) is 11.2 Å². The van der Waals surface area contributed by atoms with Crippen LogP contribution in [0.1, 0.15) is 30.8 Å². The van der Waals surface area contributed by atoms with E-state index in [1.54, 1.807) is 18.7 Å². The van der Waals surface area contributed by atoms with Crippen molar-refractivity contribution in [2.24, 2.45) is 5.73 Å². The molecular weight excluding hydrogens is 322 g/mol. The van der Waals surface area contributed by atoms with Gasteiger partial charge in [0, 0.05) is 24.3 Å². The van der Waals surface area contributed by atoms with Gasteiger partial charge in [-0.05, 0) is 19.4 Å². The topological polar surface area (TPSA) is 115 Å². The number of benzene rings is 1. The highest BCUT2D eigenvalue weighted by atomic mass is 16.5. The number of allylic oxidation sites excluding steroid dienone is 1. The molecule has 1 amide bonds. The Labute approximate surface area is 145 Å². The lowest BCUT2D eigenvalue weighted by molar-refractivity contribution is -0.115. The van der Waals surface area contributed by atoms with Crippen LogP contribution in [0.5, 0.6) is 5.75 Å². The lowest BCUT2D eigenvalue weighted by Gasteiger charge is -2.28. The number of primary amides is 1. The quantitative estimate of drug-likeness (QED) is 0.720. The van der Waals surface area contributed by atoms with E-state index in [0.29, 0.717) is 41.6 Å². The summed E-state index contributed by atoms with van der Waals surface area (Å²) in [5.74, 6) is 1.24. The van der Waals surface area contributed by atoms with Crippen LogP contribution in [0, 0.1) is 0 Å². The van der Waals surface area contributed by atoms with E-state index < -0.39 is 11.9 Å². The summed E-state index contributed by atoms with van der Waals surface area (Å²) in [4.78, 5) is 16.6. The fourth-order valence-electron chi connectivity index (χ4n) is 3.04. The highest BCUT2D eigenvalue weighted by Crippen LogP contribution is 2.38. The van der Waals surface area contributed by atoms with Gasteiger partial charge in [0.15, 0.2) is 5.82 Å². The fraction of sp³-hybridized carbons (Fsp3) is 0.353. The van der Waals surface area contributed by atoms with Crippen molar-refractivity contribution in [3.05, 3.63) is 46.9 Å². The number of para-hydroxylation sites is 1. The number of fused-ring (bicyclic) bond motifs is 1. The molecule has 2 aromatic rings. The molecule has 2 heterocycles. The number of amides is 1. The van der Waals surface area contributed by atoms with Crippen molar-refractivity contribution >= 4 is 11.9 Å². The number of rotatable bonds is 6. The number of nitrogens with zero attached hydrogens (tertiary/aromatic N) is 3. The van der Waals surface area contributed by atoms with Crippen LogP contribution in [0.25, 0.3) is 0 Å². The van der Waals surface area contributed by atoms with E-state index in [4.69, 9.17) is 15.6 Å². The first-order valence-corrected chi connectivity index (χ1v) is 8.03. The molecule has 0 saturated carbocycles. The Morgan fingerprint density at radius 3 is 2.88 bits per heavy atom. The summed E-state index contributed by atoms with van der Waals surface area (Å²) in [6.45, 7) is 1.85. The van der Waals surface area contributed by atoms with Gasteiger partial charge in [-0.3, -0.25) is 4.79 Å². The van der Waals surface area contributed by atoms with Crippen molar-refractivity contribution in [1.29, 1.82) is 0 Å². The summed E-state index contributed by atoms with van der Waals surface area (Å²) < 4.78 is 7.11. The van der Waals surface area contributed by atoms with Crippen molar-refractivity contribution in [3.63, 3.8) is 0 Å². The minimum Gasteiger partial charge on any atom is -0.496 e. The van der Waals surface area contributed by atoms with E-state index in [1.807, 2.05) is 24.3 Å². The van der Waals surface area contributed by atoms with Crippen molar-refractivity contribution < 1.29 is 14.6 Å². The summed E-state index contributed by atoms with van der Waals surface area (Å²) in [6.07, 6.45) is 1.11. The van der Waals surface area contributed by atoms with Gasteiger partial charge in [0.25, 0.3) is 0 Å². The Balaban J connectivity index is 2.15. The van der Waals surface area contributed by atoms with Gasteiger partial charge in [-0.1, -0.05) is 18.2 Å². The van der Waals surface area contributed by atoms with Gasteiger partial charge in [0.1, 0.15) is 11.8 Å². The van der Waals surface area contributed by atoms with Gasteiger partial charge in [-0.15, -0.1) is 0 Å². The molecule has 0 unspecified atom stereocenters. The van der Waals surface area contributed by atoms with Crippen LogP contribution in [0.15, 0.2) is 35.5 Å². The minimum atomic E-state index is -0.529. The predicted molar refractivity (Wildman–Crippen MR) is 92.1 cm³/mol. The molecule has 0 saturated heterocycles. The van der Waals surface area contributed by atoms with E-state index in [0.717, 1.165) is 5.56 Å². The highest BCUT2D eigenvalue weighted by molar-refractivity contribution is 5.95. The third kappa shape index (κ3) is 3.08. The molecule has 132 valence electrons. The minimum absolute atomic E-state index is 0.0665. The lowest BCUT2D eigenvalue weighted by atomic mass is 9.94. The SMILES string of the molecule is COc1ccccc1[C@H]1C(C(N)=O)=C(C)Nc2nc(CCCO)nn21. The van der Waals surface area contributed by atoms with Crippen molar-refractivity contribution in [2.75, 3.05) is 19.0 Å². The Kier molecular flexibility index (Phi) is 4.71. The summed E-state index contributed by atoms with van der Waals surface area (Å²) in [5, 5.41) is 16.6. The number of methoxy groups -OCH3 is 1. The number of aliphatic hydroxyl groups is 1. The number of aromatic nitrogens is 3. The Bertz CT molecular complexity index is 827. The molecule has 1 aromatic heterocycles. The second-order valence-electron chi connectivity index (χ2n) is 5.80. The number of hydrogen-bond donors (Lipinski definition) is 3. The molecule has 0 aliphatic carbocycles. The molecule has 0 fully saturated rings. The van der Waals surface area contributed by atoms with E-state index in [-0.39, 0.29) is 6.61 Å². The number of aryl methyl sites for hydroxylation is 1. The number of ether oxygens (including phenoxy) is 1. The Morgan fingerprint density at radius 2 is 2.20 bits per heavy atom. The van der Waals surface area contributed by atoms with Gasteiger partial charge < -0.3 is 20.9 Å². The molecular formula is C17H21N5O3. The van der Waals surface area contributed by atoms with E-state index in [2.05, 4.69) is 15.4 Å². The number of aliphatic hydroxyl groups excluding tert-OH is 1. The zero-order chi connectivity index (χ0) is 18.0. The average molecular weight is 343 g/mol. The van der Waals surface area contributed by atoms with Crippen LogP contribution >= 0.6 is 0 Å². The van der Waals surface area contributed by atoms with E-state index in [1.165, 1.54) is 0 Å². The Hall–Kier alpha value is -2.87. The maximum atomic E-state index is 12.1. The van der Waals surface area contributed by atoms with Crippen molar-refractivity contribution in [3.8, 4) is 5.75 Å². The summed E-state index contributed by atoms with van der Waals surface area (Å²) in [5.41, 5.74) is 7.47. The van der Waals surface area contributed by atoms with Crippen molar-refractivity contribution in [2.45, 2.75) is 25.8 Å². The molecule has 1 aliphatic rings. The highest BCUT2D eigenvalue weighted by Gasteiger charge is 2.34. The molecule has 3 rings (SSSR count). The standard InChI is InChI=1S/C17H21N5O3/c1-10-14(16(18)24)15(11-6-3-4-7-12(11)25-2)22-17(19-10)20-13(21-22)8-5-9-23/h3-4,6-7,15,23H,5,8-9H2,1-2H3,(H2,18,24)(H,19,20,21)/t15-/m0/s1. The Morgan fingerprint density at radius 1 is 1.44 bits per heavy atom. The molecule has 1 atom stereocenters. The number of anilines is 1. The number of nitrogens with one attached hydrogen (secondary N) is 1. The second kappa shape index (κ2) is 6.94. The number of carbonyl (C=O) groups excluding carboxylic acids is 1. The normalized spacial score (nSPS) is 16.4. The average Bonchev–Trinajstić information content (AvgIpc) is 3.00. The maximum absolute atomic E-state index is 12.1. The first-order valence-electron chi connectivity index (χ1n) is 8.03. The molecule has 8 heteroatoms. The van der Waals surface area contributed by atoms with E-state index >= 15 is 0 Å². The van der Waals surface area contributed by atoms with Crippen molar-refractivity contribution in [1.82, 2.24) is 14.8 Å². The molecule has 0 radical (unpaired) electrons. The molecule has 1 aliphatic heterocycles. The second-order valence-corrected chi connectivity index (χ2v) is 5.80. The zero-order valence-corrected chi connectivity index (χ0v) is 14.2.